The van der Waals surface area contributed by atoms with Crippen molar-refractivity contribution in [3.05, 3.63) is 28.5 Å². The largest absolute Gasteiger partial charge is 0.347 e. The Labute approximate surface area is 104 Å². The summed E-state index contributed by atoms with van der Waals surface area (Å²) in [7, 11) is 3.94. The number of amides is 1. The quantitative estimate of drug-likeness (QED) is 0.854. The number of pyridine rings is 1. The van der Waals surface area contributed by atoms with Crippen LogP contribution in [0.5, 0.6) is 0 Å². The summed E-state index contributed by atoms with van der Waals surface area (Å²) in [5.74, 6) is -0.143. The fourth-order valence-corrected chi connectivity index (χ4v) is 1.77. The van der Waals surface area contributed by atoms with E-state index >= 15 is 0 Å². The first-order chi connectivity index (χ1) is 7.49. The first kappa shape index (κ1) is 13.1. The average Bonchev–Trinajstić information content (AvgIpc) is 2.16. The first-order valence-electron chi connectivity index (χ1n) is 5.07. The molecule has 1 unspecified atom stereocenters. The van der Waals surface area contributed by atoms with Crippen molar-refractivity contribution in [1.82, 2.24) is 15.2 Å². The molecule has 0 bridgehead atoms. The number of likely N-dealkylation sites (N-methyl/N-ethyl adjacent to an activating group) is 1. The third kappa shape index (κ3) is 4.28. The van der Waals surface area contributed by atoms with Crippen LogP contribution in [0.25, 0.3) is 0 Å². The lowest BCUT2D eigenvalue weighted by atomic mass is 10.3. The molecule has 0 spiro atoms. The minimum atomic E-state index is -0.143. The van der Waals surface area contributed by atoms with Gasteiger partial charge in [0.1, 0.15) is 10.3 Å². The molecule has 16 heavy (non-hydrogen) atoms. The molecule has 1 atom stereocenters. The monoisotopic (exact) mass is 285 g/mol. The van der Waals surface area contributed by atoms with E-state index in [1.165, 1.54) is 0 Å². The van der Waals surface area contributed by atoms with Gasteiger partial charge in [-0.15, -0.1) is 0 Å². The smallest absolute Gasteiger partial charge is 0.270 e. The summed E-state index contributed by atoms with van der Waals surface area (Å²) in [5, 5.41) is 2.89. The zero-order valence-electron chi connectivity index (χ0n) is 9.70. The highest BCUT2D eigenvalue weighted by Crippen LogP contribution is 2.06. The number of aromatic nitrogens is 1. The van der Waals surface area contributed by atoms with Gasteiger partial charge >= 0.3 is 0 Å². The topological polar surface area (TPSA) is 45.2 Å². The van der Waals surface area contributed by atoms with Gasteiger partial charge in [-0.3, -0.25) is 4.79 Å². The van der Waals surface area contributed by atoms with Crippen LogP contribution in [0.15, 0.2) is 22.8 Å². The highest BCUT2D eigenvalue weighted by atomic mass is 79.9. The maximum absolute atomic E-state index is 11.8. The molecule has 0 saturated heterocycles. The fourth-order valence-electron chi connectivity index (χ4n) is 1.43. The Kier molecular flexibility index (Phi) is 4.89. The van der Waals surface area contributed by atoms with Crippen LogP contribution in [-0.4, -0.2) is 42.5 Å². The van der Waals surface area contributed by atoms with Crippen molar-refractivity contribution in [3.8, 4) is 0 Å². The Bertz CT molecular complexity index is 368. The van der Waals surface area contributed by atoms with Gasteiger partial charge in [-0.05, 0) is 49.1 Å². The molecular weight excluding hydrogens is 270 g/mol. The predicted molar refractivity (Wildman–Crippen MR) is 67.4 cm³/mol. The van der Waals surface area contributed by atoms with Gasteiger partial charge in [0.05, 0.1) is 0 Å². The number of nitrogens with one attached hydrogen (secondary N) is 1. The molecule has 0 aliphatic heterocycles. The Hall–Kier alpha value is -0.940. The molecule has 88 valence electrons. The number of hydrogen-bond acceptors (Lipinski definition) is 3. The fraction of sp³-hybridized carbons (Fsp3) is 0.455. The van der Waals surface area contributed by atoms with E-state index in [2.05, 4.69) is 26.2 Å². The van der Waals surface area contributed by atoms with Crippen molar-refractivity contribution in [2.75, 3.05) is 20.6 Å². The summed E-state index contributed by atoms with van der Waals surface area (Å²) < 4.78 is 0.667. The van der Waals surface area contributed by atoms with Crippen molar-refractivity contribution < 1.29 is 4.79 Å². The summed E-state index contributed by atoms with van der Waals surface area (Å²) in [6.07, 6.45) is 0. The summed E-state index contributed by atoms with van der Waals surface area (Å²) in [6.45, 7) is 2.77. The molecule has 0 saturated carbocycles. The van der Waals surface area contributed by atoms with Gasteiger partial charge in [-0.1, -0.05) is 6.07 Å². The third-order valence-corrected chi connectivity index (χ3v) is 2.41. The van der Waals surface area contributed by atoms with Crippen LogP contribution in [0.4, 0.5) is 0 Å². The normalized spacial score (nSPS) is 12.6. The molecule has 0 aliphatic rings. The van der Waals surface area contributed by atoms with Crippen LogP contribution < -0.4 is 5.32 Å². The Balaban J connectivity index is 2.59. The highest BCUT2D eigenvalue weighted by molar-refractivity contribution is 9.10. The van der Waals surface area contributed by atoms with Gasteiger partial charge in [0, 0.05) is 12.6 Å². The maximum Gasteiger partial charge on any atom is 0.270 e. The summed E-state index contributed by atoms with van der Waals surface area (Å²) in [5.41, 5.74) is 0.431. The highest BCUT2D eigenvalue weighted by Gasteiger charge is 2.11. The third-order valence-electron chi connectivity index (χ3n) is 1.96. The zero-order valence-corrected chi connectivity index (χ0v) is 11.3. The van der Waals surface area contributed by atoms with E-state index in [4.69, 9.17) is 0 Å². The van der Waals surface area contributed by atoms with Crippen LogP contribution in [0.1, 0.15) is 17.4 Å². The summed E-state index contributed by atoms with van der Waals surface area (Å²) >= 11 is 3.24. The lowest BCUT2D eigenvalue weighted by Crippen LogP contribution is -2.39. The minimum absolute atomic E-state index is 0.100. The van der Waals surface area contributed by atoms with E-state index < -0.39 is 0 Å². The van der Waals surface area contributed by atoms with E-state index in [0.29, 0.717) is 10.3 Å². The van der Waals surface area contributed by atoms with E-state index in [-0.39, 0.29) is 11.9 Å². The molecule has 0 aromatic carbocycles. The molecule has 1 amide bonds. The van der Waals surface area contributed by atoms with Gasteiger partial charge in [-0.25, -0.2) is 4.98 Å². The molecule has 1 rings (SSSR count). The summed E-state index contributed by atoms with van der Waals surface area (Å²) in [6, 6.07) is 5.38. The van der Waals surface area contributed by atoms with Gasteiger partial charge in [-0.2, -0.15) is 0 Å². The van der Waals surface area contributed by atoms with Crippen molar-refractivity contribution in [2.24, 2.45) is 0 Å². The van der Waals surface area contributed by atoms with Crippen molar-refractivity contribution in [2.45, 2.75) is 13.0 Å². The maximum atomic E-state index is 11.8. The zero-order chi connectivity index (χ0) is 12.1. The van der Waals surface area contributed by atoms with Crippen molar-refractivity contribution in [1.29, 1.82) is 0 Å². The number of carbonyl (C=O) groups is 1. The van der Waals surface area contributed by atoms with E-state index in [9.17, 15) is 4.79 Å². The van der Waals surface area contributed by atoms with Gasteiger partial charge in [0.25, 0.3) is 5.91 Å². The van der Waals surface area contributed by atoms with Crippen LogP contribution >= 0.6 is 15.9 Å². The van der Waals surface area contributed by atoms with E-state index in [0.717, 1.165) is 6.54 Å². The van der Waals surface area contributed by atoms with E-state index in [1.807, 2.05) is 25.9 Å². The molecule has 1 heterocycles. The number of nitrogens with zero attached hydrogens (tertiary/aromatic N) is 2. The lowest BCUT2D eigenvalue weighted by Gasteiger charge is -2.17. The Morgan fingerprint density at radius 2 is 2.25 bits per heavy atom. The number of carbonyl (C=O) groups excluding carboxylic acids is 1. The predicted octanol–water partition coefficient (Wildman–Crippen LogP) is 1.52. The van der Waals surface area contributed by atoms with Crippen LogP contribution in [0.3, 0.4) is 0 Å². The minimum Gasteiger partial charge on any atom is -0.347 e. The number of hydrogen-bond donors (Lipinski definition) is 1. The Morgan fingerprint density at radius 3 is 2.81 bits per heavy atom. The second-order valence-electron chi connectivity index (χ2n) is 3.98. The molecule has 4 nitrogen and oxygen atoms in total. The Morgan fingerprint density at radius 1 is 1.56 bits per heavy atom. The van der Waals surface area contributed by atoms with Gasteiger partial charge in [0.15, 0.2) is 0 Å². The second kappa shape index (κ2) is 5.96. The molecule has 1 aromatic heterocycles. The molecular formula is C11H16BrN3O. The average molecular weight is 286 g/mol. The van der Waals surface area contributed by atoms with Crippen LogP contribution in [-0.2, 0) is 0 Å². The second-order valence-corrected chi connectivity index (χ2v) is 4.79. The SMILES string of the molecule is CC(CN(C)C)NC(=O)c1cccc(Br)n1. The molecule has 5 heteroatoms. The molecule has 0 radical (unpaired) electrons. The lowest BCUT2D eigenvalue weighted by molar-refractivity contribution is 0.0929. The van der Waals surface area contributed by atoms with Crippen LogP contribution in [0.2, 0.25) is 0 Å². The van der Waals surface area contributed by atoms with Crippen LogP contribution in [0, 0.1) is 0 Å². The standard InChI is InChI=1S/C11H16BrN3O/c1-8(7-15(2)3)13-11(16)9-5-4-6-10(12)14-9/h4-6,8H,7H2,1-3H3,(H,13,16). The van der Waals surface area contributed by atoms with Gasteiger partial charge in [0.2, 0.25) is 0 Å². The van der Waals surface area contributed by atoms with Crippen molar-refractivity contribution >= 4 is 21.8 Å². The van der Waals surface area contributed by atoms with Gasteiger partial charge < -0.3 is 10.2 Å². The first-order valence-corrected chi connectivity index (χ1v) is 5.86. The number of rotatable bonds is 4. The molecule has 1 N–H and O–H groups in total. The van der Waals surface area contributed by atoms with Crippen molar-refractivity contribution in [3.63, 3.8) is 0 Å². The molecule has 0 aliphatic carbocycles. The number of halogens is 1. The summed E-state index contributed by atoms with van der Waals surface area (Å²) in [4.78, 5) is 17.9. The molecule has 1 aromatic rings. The molecule has 0 fully saturated rings. The van der Waals surface area contributed by atoms with E-state index in [1.54, 1.807) is 18.2 Å².